The molecule has 0 aliphatic carbocycles. The first-order valence-electron chi connectivity index (χ1n) is 5.15. The average molecular weight is 317 g/mol. The Kier molecular flexibility index (Phi) is 5.15. The number of halogens is 1. The van der Waals surface area contributed by atoms with E-state index in [4.69, 9.17) is 4.74 Å². The van der Waals surface area contributed by atoms with Crippen molar-refractivity contribution in [3.05, 3.63) is 22.8 Å². The summed E-state index contributed by atoms with van der Waals surface area (Å²) in [4.78, 5) is 22.5. The number of benzene rings is 1. The molecule has 1 rings (SSSR count). The van der Waals surface area contributed by atoms with Gasteiger partial charge in [-0.15, -0.1) is 0 Å². The number of esters is 1. The largest absolute Gasteiger partial charge is 0.506 e. The van der Waals surface area contributed by atoms with Crippen molar-refractivity contribution < 1.29 is 24.2 Å². The summed E-state index contributed by atoms with van der Waals surface area (Å²) in [6, 6.07) is 1.53. The van der Waals surface area contributed by atoms with Crippen molar-refractivity contribution in [3.8, 4) is 11.5 Å². The minimum Gasteiger partial charge on any atom is -0.506 e. The predicted molar refractivity (Wildman–Crippen MR) is 68.9 cm³/mol. The molecule has 0 unspecified atom stereocenters. The van der Waals surface area contributed by atoms with E-state index in [1.54, 1.807) is 6.92 Å². The second-order valence-electron chi connectivity index (χ2n) is 3.48. The number of carbonyl (C=O) groups is 2. The third-order valence-electron chi connectivity index (χ3n) is 2.34. The number of methoxy groups -OCH3 is 1. The van der Waals surface area contributed by atoms with E-state index in [9.17, 15) is 14.7 Å². The Morgan fingerprint density at radius 1 is 1.56 bits per heavy atom. The molecule has 0 bridgehead atoms. The maximum absolute atomic E-state index is 11.5. The van der Waals surface area contributed by atoms with Crippen LogP contribution in [0.4, 0.5) is 0 Å². The molecule has 0 spiro atoms. The zero-order valence-corrected chi connectivity index (χ0v) is 11.6. The van der Waals surface area contributed by atoms with E-state index in [0.29, 0.717) is 23.8 Å². The zero-order valence-electron chi connectivity index (χ0n) is 10.0. The lowest BCUT2D eigenvalue weighted by molar-refractivity contribution is 0.0596. The van der Waals surface area contributed by atoms with E-state index >= 15 is 0 Å². The minimum atomic E-state index is -0.694. The fourth-order valence-corrected chi connectivity index (χ4v) is 1.69. The molecule has 1 aromatic rings. The van der Waals surface area contributed by atoms with Crippen LogP contribution in [0.25, 0.3) is 0 Å². The van der Waals surface area contributed by atoms with Crippen LogP contribution in [0, 0.1) is 6.92 Å². The molecule has 0 heterocycles. The second kappa shape index (κ2) is 6.39. The molecule has 0 aromatic heterocycles. The molecule has 1 aromatic carbocycles. The highest BCUT2D eigenvalue weighted by Crippen LogP contribution is 2.33. The van der Waals surface area contributed by atoms with Crippen LogP contribution in [0.5, 0.6) is 11.5 Å². The summed E-state index contributed by atoms with van der Waals surface area (Å²) in [5.74, 6) is -0.867. The maximum atomic E-state index is 11.5. The van der Waals surface area contributed by atoms with Crippen LogP contribution in [0.15, 0.2) is 6.07 Å². The standard InChI is InChI=1S/C12H13BrO5/c1-7-5-9(18-4-3-13)8(6-14)11(15)10(7)12(16)17-2/h5-6,15H,3-4H2,1-2H3. The van der Waals surface area contributed by atoms with E-state index < -0.39 is 11.7 Å². The molecule has 0 fully saturated rings. The molecule has 0 saturated carbocycles. The van der Waals surface area contributed by atoms with Gasteiger partial charge in [-0.2, -0.15) is 0 Å². The van der Waals surface area contributed by atoms with Crippen LogP contribution in [0.1, 0.15) is 26.3 Å². The number of aryl methyl sites for hydroxylation is 1. The van der Waals surface area contributed by atoms with Gasteiger partial charge in [0.15, 0.2) is 6.29 Å². The van der Waals surface area contributed by atoms with Gasteiger partial charge in [0.25, 0.3) is 0 Å². The monoisotopic (exact) mass is 316 g/mol. The molecule has 0 amide bonds. The topological polar surface area (TPSA) is 72.8 Å². The Morgan fingerprint density at radius 2 is 2.22 bits per heavy atom. The SMILES string of the molecule is COC(=O)c1c(C)cc(OCCBr)c(C=O)c1O. The van der Waals surface area contributed by atoms with Gasteiger partial charge in [0.1, 0.15) is 17.1 Å². The Labute approximate surface area is 113 Å². The highest BCUT2D eigenvalue weighted by atomic mass is 79.9. The lowest BCUT2D eigenvalue weighted by atomic mass is 10.0. The molecule has 0 aliphatic heterocycles. The van der Waals surface area contributed by atoms with Gasteiger partial charge < -0.3 is 14.6 Å². The number of aldehydes is 1. The molecule has 5 nitrogen and oxygen atoms in total. The molecule has 1 N–H and O–H groups in total. The number of phenolic OH excluding ortho intramolecular Hbond substituents is 1. The van der Waals surface area contributed by atoms with Gasteiger partial charge in [-0.25, -0.2) is 4.79 Å². The van der Waals surface area contributed by atoms with Gasteiger partial charge in [0.05, 0.1) is 19.3 Å². The number of alkyl halides is 1. The first-order valence-corrected chi connectivity index (χ1v) is 6.27. The third-order valence-corrected chi connectivity index (χ3v) is 2.67. The number of phenols is 1. The Balaban J connectivity index is 3.35. The highest BCUT2D eigenvalue weighted by Gasteiger charge is 2.21. The van der Waals surface area contributed by atoms with Gasteiger partial charge in [-0.1, -0.05) is 15.9 Å². The molecule has 0 atom stereocenters. The normalized spacial score (nSPS) is 9.94. The molecule has 0 aliphatic rings. The van der Waals surface area contributed by atoms with Gasteiger partial charge in [0, 0.05) is 5.33 Å². The van der Waals surface area contributed by atoms with Gasteiger partial charge >= 0.3 is 5.97 Å². The van der Waals surface area contributed by atoms with Crippen molar-refractivity contribution in [2.75, 3.05) is 19.0 Å². The Hall–Kier alpha value is -1.56. The molecule has 18 heavy (non-hydrogen) atoms. The van der Waals surface area contributed by atoms with E-state index in [1.807, 2.05) is 0 Å². The number of ether oxygens (including phenoxy) is 2. The lowest BCUT2D eigenvalue weighted by Gasteiger charge is -2.13. The van der Waals surface area contributed by atoms with Crippen molar-refractivity contribution in [2.45, 2.75) is 6.92 Å². The predicted octanol–water partition coefficient (Wildman–Crippen LogP) is 2.07. The van der Waals surface area contributed by atoms with Crippen LogP contribution in [-0.2, 0) is 4.74 Å². The van der Waals surface area contributed by atoms with Crippen LogP contribution in [-0.4, -0.2) is 36.4 Å². The Bertz CT molecular complexity index is 470. The van der Waals surface area contributed by atoms with Crippen LogP contribution >= 0.6 is 15.9 Å². The van der Waals surface area contributed by atoms with Gasteiger partial charge in [-0.05, 0) is 18.6 Å². The second-order valence-corrected chi connectivity index (χ2v) is 4.27. The summed E-state index contributed by atoms with van der Waals surface area (Å²) in [6.07, 6.45) is 0.449. The molecule has 98 valence electrons. The average Bonchev–Trinajstić information content (AvgIpc) is 2.35. The maximum Gasteiger partial charge on any atom is 0.341 e. The van der Waals surface area contributed by atoms with Crippen molar-refractivity contribution >= 4 is 28.2 Å². The summed E-state index contributed by atoms with van der Waals surface area (Å²) in [5, 5.41) is 10.5. The quantitative estimate of drug-likeness (QED) is 0.511. The summed E-state index contributed by atoms with van der Waals surface area (Å²) in [6.45, 7) is 1.97. The summed E-state index contributed by atoms with van der Waals surface area (Å²) < 4.78 is 9.87. The molecule has 6 heteroatoms. The van der Waals surface area contributed by atoms with Crippen LogP contribution in [0.3, 0.4) is 0 Å². The van der Waals surface area contributed by atoms with Gasteiger partial charge in [-0.3, -0.25) is 4.79 Å². The lowest BCUT2D eigenvalue weighted by Crippen LogP contribution is -2.08. The minimum absolute atomic E-state index is 0.0224. The number of aromatic hydroxyl groups is 1. The van der Waals surface area contributed by atoms with E-state index in [1.165, 1.54) is 13.2 Å². The first kappa shape index (κ1) is 14.5. The fraction of sp³-hybridized carbons (Fsp3) is 0.333. The van der Waals surface area contributed by atoms with E-state index in [0.717, 1.165) is 0 Å². The van der Waals surface area contributed by atoms with Crippen molar-refractivity contribution in [1.82, 2.24) is 0 Å². The number of hydrogen-bond acceptors (Lipinski definition) is 5. The zero-order chi connectivity index (χ0) is 13.7. The number of hydrogen-bond donors (Lipinski definition) is 1. The number of carbonyl (C=O) groups excluding carboxylic acids is 2. The van der Waals surface area contributed by atoms with E-state index in [-0.39, 0.29) is 16.9 Å². The van der Waals surface area contributed by atoms with Crippen LogP contribution < -0.4 is 4.74 Å². The van der Waals surface area contributed by atoms with Crippen LogP contribution in [0.2, 0.25) is 0 Å². The Morgan fingerprint density at radius 3 is 2.72 bits per heavy atom. The smallest absolute Gasteiger partial charge is 0.341 e. The summed E-state index contributed by atoms with van der Waals surface area (Å²) in [7, 11) is 1.21. The number of rotatable bonds is 5. The summed E-state index contributed by atoms with van der Waals surface area (Å²) in [5.41, 5.74) is 0.405. The van der Waals surface area contributed by atoms with E-state index in [2.05, 4.69) is 20.7 Å². The van der Waals surface area contributed by atoms with Crippen molar-refractivity contribution in [2.24, 2.45) is 0 Å². The van der Waals surface area contributed by atoms with Crippen molar-refractivity contribution in [1.29, 1.82) is 0 Å². The molecular weight excluding hydrogens is 304 g/mol. The highest BCUT2D eigenvalue weighted by molar-refractivity contribution is 9.09. The van der Waals surface area contributed by atoms with Crippen molar-refractivity contribution in [3.63, 3.8) is 0 Å². The first-order chi connectivity index (χ1) is 8.56. The fourth-order valence-electron chi connectivity index (χ4n) is 1.53. The molecule has 0 radical (unpaired) electrons. The van der Waals surface area contributed by atoms with Gasteiger partial charge in [0.2, 0.25) is 0 Å². The third kappa shape index (κ3) is 2.81. The summed E-state index contributed by atoms with van der Waals surface area (Å²) >= 11 is 3.19. The molecular formula is C12H13BrO5. The molecule has 0 saturated heterocycles.